The van der Waals surface area contributed by atoms with E-state index < -0.39 is 0 Å². The van der Waals surface area contributed by atoms with E-state index in [1.807, 2.05) is 0 Å². The molecule has 1 saturated carbocycles. The fourth-order valence-electron chi connectivity index (χ4n) is 3.29. The van der Waals surface area contributed by atoms with E-state index in [9.17, 15) is 4.79 Å². The highest BCUT2D eigenvalue weighted by Crippen LogP contribution is 2.48. The number of benzene rings is 1. The Morgan fingerprint density at radius 1 is 1.35 bits per heavy atom. The van der Waals surface area contributed by atoms with Crippen LogP contribution >= 0.6 is 0 Å². The molecule has 3 heteroatoms. The van der Waals surface area contributed by atoms with Crippen molar-refractivity contribution in [3.63, 3.8) is 0 Å². The van der Waals surface area contributed by atoms with Crippen molar-refractivity contribution in [1.82, 2.24) is 0 Å². The van der Waals surface area contributed by atoms with Crippen LogP contribution in [0.25, 0.3) is 0 Å². The van der Waals surface area contributed by atoms with Crippen LogP contribution in [-0.2, 0) is 10.2 Å². The van der Waals surface area contributed by atoms with Crippen molar-refractivity contribution in [3.05, 3.63) is 23.8 Å². The monoisotopic (exact) mass is 227 g/mol. The molecule has 0 saturated heterocycles. The molecule has 17 heavy (non-hydrogen) atoms. The van der Waals surface area contributed by atoms with Crippen LogP contribution in [-0.4, -0.2) is 13.8 Å². The predicted molar refractivity (Wildman–Crippen MR) is 72.6 cm³/mol. The molecule has 3 rings (SSSR count). The smallest absolute Gasteiger partial charge is 0.235 e. The molecule has 88 valence electrons. The van der Waals surface area contributed by atoms with Gasteiger partial charge >= 0.3 is 0 Å². The van der Waals surface area contributed by atoms with Crippen LogP contribution in [0.5, 0.6) is 0 Å². The number of carbonyl (C=O) groups is 1. The molecule has 1 heterocycles. The number of nitrogens with one attached hydrogen (secondary N) is 1. The normalized spacial score (nSPS) is 31.4. The molecule has 1 aliphatic heterocycles. The summed E-state index contributed by atoms with van der Waals surface area (Å²) in [6.07, 6.45) is 4.35. The van der Waals surface area contributed by atoms with E-state index in [2.05, 4.69) is 38.3 Å². The number of rotatable bonds is 0. The molecule has 1 spiro atoms. The van der Waals surface area contributed by atoms with Crippen LogP contribution in [0.15, 0.2) is 18.2 Å². The van der Waals surface area contributed by atoms with E-state index in [-0.39, 0.29) is 11.3 Å². The summed E-state index contributed by atoms with van der Waals surface area (Å²) in [4.78, 5) is 12.3. The minimum absolute atomic E-state index is 0.213. The van der Waals surface area contributed by atoms with Crippen LogP contribution in [0.4, 0.5) is 5.69 Å². The van der Waals surface area contributed by atoms with E-state index in [1.54, 1.807) is 0 Å². The molecule has 0 aromatic heterocycles. The van der Waals surface area contributed by atoms with Gasteiger partial charge in [-0.15, -0.1) is 0 Å². The first-order valence-electron chi connectivity index (χ1n) is 6.54. The second-order valence-corrected chi connectivity index (χ2v) is 5.77. The molecule has 0 unspecified atom stereocenters. The lowest BCUT2D eigenvalue weighted by atomic mass is 9.67. The molecular formula is C14H18BNO. The van der Waals surface area contributed by atoms with Crippen molar-refractivity contribution in [3.8, 4) is 0 Å². The third-order valence-electron chi connectivity index (χ3n) is 4.50. The van der Waals surface area contributed by atoms with Crippen LogP contribution in [0, 0.1) is 5.92 Å². The van der Waals surface area contributed by atoms with Crippen molar-refractivity contribution < 1.29 is 4.79 Å². The fraction of sp³-hybridized carbons (Fsp3) is 0.500. The SMILES string of the molecule is Bc1ccc2c(c1)NC(=O)C21CCC(C)CC1. The van der Waals surface area contributed by atoms with Gasteiger partial charge in [0.1, 0.15) is 7.85 Å². The van der Waals surface area contributed by atoms with Crippen molar-refractivity contribution in [2.45, 2.75) is 38.0 Å². The Balaban J connectivity index is 2.05. The molecular weight excluding hydrogens is 209 g/mol. The number of hydrogen-bond donors (Lipinski definition) is 1. The second kappa shape index (κ2) is 3.62. The van der Waals surface area contributed by atoms with Gasteiger partial charge in [-0.2, -0.15) is 0 Å². The Kier molecular flexibility index (Phi) is 2.32. The van der Waals surface area contributed by atoms with E-state index in [4.69, 9.17) is 0 Å². The lowest BCUT2D eigenvalue weighted by Gasteiger charge is -2.34. The summed E-state index contributed by atoms with van der Waals surface area (Å²) in [6, 6.07) is 6.37. The molecule has 0 atom stereocenters. The lowest BCUT2D eigenvalue weighted by Crippen LogP contribution is -2.37. The maximum absolute atomic E-state index is 12.3. The summed E-state index contributed by atoms with van der Waals surface area (Å²) in [5, 5.41) is 3.07. The van der Waals surface area contributed by atoms with Gasteiger partial charge in [0.15, 0.2) is 0 Å². The summed E-state index contributed by atoms with van der Waals surface area (Å²) < 4.78 is 0. The maximum Gasteiger partial charge on any atom is 0.235 e. The predicted octanol–water partition coefficient (Wildman–Crippen LogP) is 1.34. The van der Waals surface area contributed by atoms with Gasteiger partial charge < -0.3 is 5.32 Å². The van der Waals surface area contributed by atoms with Gasteiger partial charge in [-0.3, -0.25) is 4.79 Å². The summed E-state index contributed by atoms with van der Waals surface area (Å²) in [5.74, 6) is 0.993. The standard InChI is InChI=1S/C14H18BNO/c1-9-4-6-14(7-5-9)11-3-2-10(15)8-12(11)16-13(14)17/h2-3,8-9H,4-7,15H2,1H3,(H,16,17). The minimum Gasteiger partial charge on any atom is -0.325 e. The first-order chi connectivity index (χ1) is 8.12. The lowest BCUT2D eigenvalue weighted by molar-refractivity contribution is -0.122. The number of fused-ring (bicyclic) bond motifs is 2. The van der Waals surface area contributed by atoms with Crippen LogP contribution in [0.1, 0.15) is 38.2 Å². The average Bonchev–Trinajstić information content (AvgIpc) is 2.55. The Morgan fingerprint density at radius 3 is 2.76 bits per heavy atom. The van der Waals surface area contributed by atoms with Gasteiger partial charge in [0, 0.05) is 5.69 Å². The largest absolute Gasteiger partial charge is 0.325 e. The van der Waals surface area contributed by atoms with Gasteiger partial charge in [-0.1, -0.05) is 24.5 Å². The highest BCUT2D eigenvalue weighted by atomic mass is 16.2. The molecule has 1 N–H and O–H groups in total. The van der Waals surface area contributed by atoms with E-state index in [0.717, 1.165) is 24.4 Å². The van der Waals surface area contributed by atoms with Crippen molar-refractivity contribution in [2.75, 3.05) is 5.32 Å². The topological polar surface area (TPSA) is 29.1 Å². The third-order valence-corrected chi connectivity index (χ3v) is 4.50. The van der Waals surface area contributed by atoms with Gasteiger partial charge in [0.2, 0.25) is 5.91 Å². The zero-order valence-corrected chi connectivity index (χ0v) is 10.5. The number of hydrogen-bond acceptors (Lipinski definition) is 1. The quantitative estimate of drug-likeness (QED) is 0.666. The molecule has 0 bridgehead atoms. The summed E-state index contributed by atoms with van der Waals surface area (Å²) in [7, 11) is 2.07. The van der Waals surface area contributed by atoms with Crippen molar-refractivity contribution >= 4 is 24.9 Å². The molecule has 0 radical (unpaired) electrons. The molecule has 1 amide bonds. The van der Waals surface area contributed by atoms with E-state index >= 15 is 0 Å². The van der Waals surface area contributed by atoms with Gasteiger partial charge in [-0.25, -0.2) is 0 Å². The number of amides is 1. The summed E-state index contributed by atoms with van der Waals surface area (Å²) >= 11 is 0. The first-order valence-corrected chi connectivity index (χ1v) is 6.54. The van der Waals surface area contributed by atoms with Crippen molar-refractivity contribution in [1.29, 1.82) is 0 Å². The van der Waals surface area contributed by atoms with Gasteiger partial charge in [-0.05, 0) is 43.2 Å². The molecule has 1 aromatic rings. The zero-order valence-electron chi connectivity index (χ0n) is 10.5. The Bertz CT molecular complexity index is 475. The van der Waals surface area contributed by atoms with Crippen LogP contribution < -0.4 is 10.8 Å². The molecule has 2 nitrogen and oxygen atoms in total. The summed E-state index contributed by atoms with van der Waals surface area (Å²) in [6.45, 7) is 2.29. The number of anilines is 1. The minimum atomic E-state index is -0.213. The average molecular weight is 227 g/mol. The Labute approximate surface area is 103 Å². The van der Waals surface area contributed by atoms with E-state index in [0.29, 0.717) is 0 Å². The molecule has 2 aliphatic rings. The van der Waals surface area contributed by atoms with Gasteiger partial charge in [0.25, 0.3) is 0 Å². The Hall–Kier alpha value is -1.25. The highest BCUT2D eigenvalue weighted by molar-refractivity contribution is 6.33. The van der Waals surface area contributed by atoms with Crippen LogP contribution in [0.2, 0.25) is 0 Å². The zero-order chi connectivity index (χ0) is 12.0. The second-order valence-electron chi connectivity index (χ2n) is 5.77. The highest BCUT2D eigenvalue weighted by Gasteiger charge is 2.47. The van der Waals surface area contributed by atoms with Crippen LogP contribution in [0.3, 0.4) is 0 Å². The van der Waals surface area contributed by atoms with E-state index in [1.165, 1.54) is 23.9 Å². The molecule has 1 fully saturated rings. The number of carbonyl (C=O) groups excluding carboxylic acids is 1. The third kappa shape index (κ3) is 1.52. The van der Waals surface area contributed by atoms with Gasteiger partial charge in [0.05, 0.1) is 5.41 Å². The first kappa shape index (κ1) is 10.9. The van der Waals surface area contributed by atoms with Crippen molar-refractivity contribution in [2.24, 2.45) is 5.92 Å². The maximum atomic E-state index is 12.3. The fourth-order valence-corrected chi connectivity index (χ4v) is 3.29. The molecule has 1 aromatic carbocycles. The Morgan fingerprint density at radius 2 is 2.06 bits per heavy atom. The molecule has 1 aliphatic carbocycles. The summed E-state index contributed by atoms with van der Waals surface area (Å²) in [5.41, 5.74) is 3.28.